The van der Waals surface area contributed by atoms with Crippen LogP contribution in [0.3, 0.4) is 0 Å². The van der Waals surface area contributed by atoms with E-state index in [0.29, 0.717) is 5.69 Å². The van der Waals surface area contributed by atoms with E-state index in [1.807, 2.05) is 0 Å². The van der Waals surface area contributed by atoms with E-state index >= 15 is 0 Å². The molecule has 1 saturated carbocycles. The second-order valence-corrected chi connectivity index (χ2v) is 7.52. The lowest BCUT2D eigenvalue weighted by Gasteiger charge is -2.20. The van der Waals surface area contributed by atoms with Crippen molar-refractivity contribution in [2.24, 2.45) is 5.92 Å². The number of carbonyl (C=O) groups excluding carboxylic acids is 2. The highest BCUT2D eigenvalue weighted by molar-refractivity contribution is 7.89. The van der Waals surface area contributed by atoms with E-state index in [-0.39, 0.29) is 16.7 Å². The molecule has 7 nitrogen and oxygen atoms in total. The number of nitrogens with one attached hydrogen (secondary N) is 2. The van der Waals surface area contributed by atoms with E-state index in [9.17, 15) is 18.0 Å². The molecule has 24 heavy (non-hydrogen) atoms. The summed E-state index contributed by atoms with van der Waals surface area (Å²) in [5.74, 6) is -0.659. The normalized spacial score (nSPS) is 15.7. The van der Waals surface area contributed by atoms with Crippen molar-refractivity contribution in [3.8, 4) is 0 Å². The van der Waals surface area contributed by atoms with Gasteiger partial charge in [-0.3, -0.25) is 9.59 Å². The van der Waals surface area contributed by atoms with Gasteiger partial charge in [0.1, 0.15) is 6.54 Å². The van der Waals surface area contributed by atoms with E-state index < -0.39 is 22.5 Å². The molecule has 0 saturated heterocycles. The van der Waals surface area contributed by atoms with Crippen molar-refractivity contribution in [2.45, 2.75) is 37.0 Å². The quantitative estimate of drug-likeness (QED) is 0.757. The molecule has 0 unspecified atom stereocenters. The summed E-state index contributed by atoms with van der Waals surface area (Å²) in [6, 6.07) is 5.84. The number of rotatable bonds is 6. The number of amides is 1. The summed E-state index contributed by atoms with van der Waals surface area (Å²) in [5, 5.41) is 2.82. The molecule has 8 heteroatoms. The third kappa shape index (κ3) is 5.04. The summed E-state index contributed by atoms with van der Waals surface area (Å²) in [4.78, 5) is 23.2. The molecule has 0 aromatic heterocycles. The zero-order valence-electron chi connectivity index (χ0n) is 13.6. The van der Waals surface area contributed by atoms with Gasteiger partial charge < -0.3 is 10.1 Å². The first-order valence-electron chi connectivity index (χ1n) is 7.90. The maximum Gasteiger partial charge on any atom is 0.320 e. The Hall–Kier alpha value is -1.93. The molecule has 1 amide bonds. The fraction of sp³-hybridized carbons (Fsp3) is 0.500. The standard InChI is InChI=1S/C16H22N2O5S/c1-23-15(19)11-17-24(21,22)14-9-7-13(8-10-14)18-16(20)12-5-3-2-4-6-12/h7-10,12,17H,2-6,11H2,1H3,(H,18,20). The average Bonchev–Trinajstić information content (AvgIpc) is 2.61. The molecule has 1 aromatic carbocycles. The molecular weight excluding hydrogens is 332 g/mol. The van der Waals surface area contributed by atoms with Crippen LogP contribution in [-0.4, -0.2) is 33.9 Å². The highest BCUT2D eigenvalue weighted by atomic mass is 32.2. The Bertz CT molecular complexity index is 679. The van der Waals surface area contributed by atoms with E-state index in [2.05, 4.69) is 14.8 Å². The number of methoxy groups -OCH3 is 1. The van der Waals surface area contributed by atoms with Gasteiger partial charge in [-0.15, -0.1) is 0 Å². The van der Waals surface area contributed by atoms with Crippen LogP contribution in [0.5, 0.6) is 0 Å². The fourth-order valence-corrected chi connectivity index (χ4v) is 3.60. The predicted molar refractivity (Wildman–Crippen MR) is 88.9 cm³/mol. The Morgan fingerprint density at radius 2 is 1.75 bits per heavy atom. The van der Waals surface area contributed by atoms with Gasteiger partial charge in [0, 0.05) is 11.6 Å². The Kier molecular flexibility index (Phi) is 6.33. The van der Waals surface area contributed by atoms with Crippen LogP contribution in [-0.2, 0) is 24.3 Å². The van der Waals surface area contributed by atoms with Gasteiger partial charge in [-0.25, -0.2) is 8.42 Å². The SMILES string of the molecule is COC(=O)CNS(=O)(=O)c1ccc(NC(=O)C2CCCCC2)cc1. The first-order chi connectivity index (χ1) is 11.4. The number of hydrogen-bond acceptors (Lipinski definition) is 5. The molecule has 1 aromatic rings. The smallest absolute Gasteiger partial charge is 0.320 e. The number of esters is 1. The molecule has 0 atom stereocenters. The molecule has 0 radical (unpaired) electrons. The topological polar surface area (TPSA) is 102 Å². The van der Waals surface area contributed by atoms with Gasteiger partial charge in [0.05, 0.1) is 12.0 Å². The van der Waals surface area contributed by atoms with Crippen LogP contribution in [0.15, 0.2) is 29.2 Å². The molecule has 132 valence electrons. The van der Waals surface area contributed by atoms with Crippen LogP contribution in [0.1, 0.15) is 32.1 Å². The molecular formula is C16H22N2O5S. The van der Waals surface area contributed by atoms with Gasteiger partial charge >= 0.3 is 5.97 Å². The highest BCUT2D eigenvalue weighted by Gasteiger charge is 2.21. The lowest BCUT2D eigenvalue weighted by molar-refractivity contribution is -0.139. The van der Waals surface area contributed by atoms with Gasteiger partial charge in [0.25, 0.3) is 0 Å². The van der Waals surface area contributed by atoms with E-state index in [0.717, 1.165) is 25.7 Å². The number of carbonyl (C=O) groups is 2. The minimum atomic E-state index is -3.79. The summed E-state index contributed by atoms with van der Waals surface area (Å²) >= 11 is 0. The molecule has 0 bridgehead atoms. The van der Waals surface area contributed by atoms with Crippen LogP contribution >= 0.6 is 0 Å². The molecule has 0 heterocycles. The molecule has 1 aliphatic rings. The van der Waals surface area contributed by atoms with Crippen LogP contribution in [0.4, 0.5) is 5.69 Å². The highest BCUT2D eigenvalue weighted by Crippen LogP contribution is 2.25. The minimum Gasteiger partial charge on any atom is -0.468 e. The first-order valence-corrected chi connectivity index (χ1v) is 9.38. The van der Waals surface area contributed by atoms with Crippen LogP contribution in [0, 0.1) is 5.92 Å². The summed E-state index contributed by atoms with van der Waals surface area (Å²) < 4.78 is 30.6. The minimum absolute atomic E-state index is 0.0158. The van der Waals surface area contributed by atoms with E-state index in [1.54, 1.807) is 0 Å². The van der Waals surface area contributed by atoms with Crippen LogP contribution < -0.4 is 10.0 Å². The maximum atomic E-state index is 12.2. The van der Waals surface area contributed by atoms with Gasteiger partial charge in [-0.05, 0) is 37.1 Å². The molecule has 1 aliphatic carbocycles. The number of hydrogen-bond donors (Lipinski definition) is 2. The number of anilines is 1. The summed E-state index contributed by atoms with van der Waals surface area (Å²) in [5.41, 5.74) is 0.553. The number of sulfonamides is 1. The third-order valence-electron chi connectivity index (χ3n) is 4.04. The van der Waals surface area contributed by atoms with Gasteiger partial charge in [0.15, 0.2) is 0 Å². The number of ether oxygens (including phenoxy) is 1. The fourth-order valence-electron chi connectivity index (χ4n) is 2.64. The summed E-state index contributed by atoms with van der Waals surface area (Å²) in [6.07, 6.45) is 5.11. The van der Waals surface area contributed by atoms with Gasteiger partial charge in [-0.2, -0.15) is 4.72 Å². The van der Waals surface area contributed by atoms with Gasteiger partial charge in [0.2, 0.25) is 15.9 Å². The van der Waals surface area contributed by atoms with Crippen LogP contribution in [0.2, 0.25) is 0 Å². The largest absolute Gasteiger partial charge is 0.468 e. The Balaban J connectivity index is 1.96. The van der Waals surface area contributed by atoms with Crippen molar-refractivity contribution in [1.29, 1.82) is 0 Å². The average molecular weight is 354 g/mol. The van der Waals surface area contributed by atoms with Crippen molar-refractivity contribution >= 4 is 27.6 Å². The third-order valence-corrected chi connectivity index (χ3v) is 5.46. The predicted octanol–water partition coefficient (Wildman–Crippen LogP) is 1.66. The van der Waals surface area contributed by atoms with Crippen molar-refractivity contribution in [3.05, 3.63) is 24.3 Å². The first kappa shape index (κ1) is 18.4. The number of benzene rings is 1. The van der Waals surface area contributed by atoms with Crippen LogP contribution in [0.25, 0.3) is 0 Å². The van der Waals surface area contributed by atoms with Crippen molar-refractivity contribution < 1.29 is 22.7 Å². The zero-order valence-corrected chi connectivity index (χ0v) is 14.4. The van der Waals surface area contributed by atoms with Crippen molar-refractivity contribution in [3.63, 3.8) is 0 Å². The molecule has 1 fully saturated rings. The second-order valence-electron chi connectivity index (χ2n) is 5.75. The lowest BCUT2D eigenvalue weighted by atomic mass is 9.88. The second kappa shape index (κ2) is 8.25. The lowest BCUT2D eigenvalue weighted by Crippen LogP contribution is -2.30. The van der Waals surface area contributed by atoms with E-state index in [4.69, 9.17) is 0 Å². The monoisotopic (exact) mass is 354 g/mol. The summed E-state index contributed by atoms with van der Waals surface area (Å²) in [7, 11) is -2.61. The Morgan fingerprint density at radius 3 is 2.33 bits per heavy atom. The van der Waals surface area contributed by atoms with Crippen molar-refractivity contribution in [2.75, 3.05) is 19.0 Å². The molecule has 2 rings (SSSR count). The zero-order chi connectivity index (χ0) is 17.6. The Labute approximate surface area is 141 Å². The van der Waals surface area contributed by atoms with Crippen molar-refractivity contribution in [1.82, 2.24) is 4.72 Å². The molecule has 0 aliphatic heterocycles. The van der Waals surface area contributed by atoms with Gasteiger partial charge in [-0.1, -0.05) is 19.3 Å². The summed E-state index contributed by atoms with van der Waals surface area (Å²) in [6.45, 7) is -0.432. The molecule has 2 N–H and O–H groups in total. The maximum absolute atomic E-state index is 12.2. The molecule has 0 spiro atoms. The van der Waals surface area contributed by atoms with E-state index in [1.165, 1.54) is 37.8 Å². The Morgan fingerprint density at radius 1 is 1.12 bits per heavy atom.